The molecule has 0 saturated carbocycles. The number of rotatable bonds is 6. The van der Waals surface area contributed by atoms with Gasteiger partial charge in [0.15, 0.2) is 5.96 Å². The number of ether oxygens (including phenoxy) is 1. The number of aliphatic imine (C=N–C) groups is 1. The molecular formula is C21H32IN5OS. The van der Waals surface area contributed by atoms with E-state index in [1.165, 1.54) is 16.0 Å². The average molecular weight is 529 g/mol. The van der Waals surface area contributed by atoms with Gasteiger partial charge < -0.3 is 15.4 Å². The highest BCUT2D eigenvalue weighted by Gasteiger charge is 2.23. The van der Waals surface area contributed by atoms with Crippen molar-refractivity contribution in [2.45, 2.75) is 33.4 Å². The Labute approximate surface area is 195 Å². The molecule has 1 aromatic carbocycles. The van der Waals surface area contributed by atoms with Crippen LogP contribution in [0.1, 0.15) is 32.7 Å². The fraction of sp³-hybridized carbons (Fsp3) is 0.524. The highest BCUT2D eigenvalue weighted by molar-refractivity contribution is 14.0. The average Bonchev–Trinajstić information content (AvgIpc) is 3.03. The van der Waals surface area contributed by atoms with Crippen molar-refractivity contribution in [1.29, 1.82) is 0 Å². The van der Waals surface area contributed by atoms with Crippen LogP contribution in [0.25, 0.3) is 0 Å². The van der Waals surface area contributed by atoms with Gasteiger partial charge >= 0.3 is 0 Å². The van der Waals surface area contributed by atoms with Crippen molar-refractivity contribution in [3.05, 3.63) is 51.0 Å². The van der Waals surface area contributed by atoms with E-state index < -0.39 is 0 Å². The van der Waals surface area contributed by atoms with Gasteiger partial charge in [0.05, 0.1) is 36.5 Å². The largest absolute Gasteiger partial charge is 0.379 e. The molecule has 1 aromatic heterocycles. The Kier molecular flexibility index (Phi) is 9.81. The lowest BCUT2D eigenvalue weighted by Gasteiger charge is -2.35. The van der Waals surface area contributed by atoms with E-state index in [2.05, 4.69) is 63.6 Å². The Morgan fingerprint density at radius 3 is 2.45 bits per heavy atom. The lowest BCUT2D eigenvalue weighted by atomic mass is 10.0. The molecular weight excluding hydrogens is 497 g/mol. The van der Waals surface area contributed by atoms with Crippen LogP contribution in [0.2, 0.25) is 0 Å². The molecule has 1 atom stereocenters. The number of hydrogen-bond acceptors (Lipinski definition) is 5. The molecule has 1 aliphatic heterocycles. The maximum atomic E-state index is 5.55. The number of hydrogen-bond donors (Lipinski definition) is 2. The summed E-state index contributed by atoms with van der Waals surface area (Å²) in [6.45, 7) is 11.2. The molecule has 160 valence electrons. The Balaban J connectivity index is 0.00000300. The smallest absolute Gasteiger partial charge is 0.191 e. The maximum absolute atomic E-state index is 5.55. The minimum Gasteiger partial charge on any atom is -0.379 e. The van der Waals surface area contributed by atoms with E-state index in [-0.39, 0.29) is 30.0 Å². The zero-order valence-electron chi connectivity index (χ0n) is 17.7. The normalized spacial score (nSPS) is 16.2. The van der Waals surface area contributed by atoms with E-state index in [1.54, 1.807) is 11.3 Å². The van der Waals surface area contributed by atoms with Crippen LogP contribution in [-0.4, -0.2) is 55.7 Å². The monoisotopic (exact) mass is 529 g/mol. The Morgan fingerprint density at radius 2 is 1.86 bits per heavy atom. The number of thiazole rings is 1. The van der Waals surface area contributed by atoms with Crippen molar-refractivity contribution in [2.24, 2.45) is 4.99 Å². The zero-order valence-corrected chi connectivity index (χ0v) is 20.8. The molecule has 1 aliphatic rings. The van der Waals surface area contributed by atoms with E-state index in [9.17, 15) is 0 Å². The SMILES string of the molecule is CN=C(NCc1sc(C)nc1C)NCC(c1ccc(C)cc1)N1CCOCC1.I. The van der Waals surface area contributed by atoms with Crippen molar-refractivity contribution >= 4 is 41.3 Å². The molecule has 0 bridgehead atoms. The lowest BCUT2D eigenvalue weighted by molar-refractivity contribution is 0.0170. The number of guanidine groups is 1. The van der Waals surface area contributed by atoms with Crippen molar-refractivity contribution in [2.75, 3.05) is 39.9 Å². The summed E-state index contributed by atoms with van der Waals surface area (Å²) in [6, 6.07) is 9.12. The molecule has 3 rings (SSSR count). The number of benzene rings is 1. The molecule has 2 aromatic rings. The van der Waals surface area contributed by atoms with E-state index in [1.807, 2.05) is 14.0 Å². The van der Waals surface area contributed by atoms with Gasteiger partial charge in [0.1, 0.15) is 0 Å². The summed E-state index contributed by atoms with van der Waals surface area (Å²) in [4.78, 5) is 12.6. The van der Waals surface area contributed by atoms with Gasteiger partial charge in [0, 0.05) is 31.6 Å². The first-order chi connectivity index (χ1) is 13.6. The zero-order chi connectivity index (χ0) is 19.9. The van der Waals surface area contributed by atoms with Gasteiger partial charge in [-0.25, -0.2) is 4.98 Å². The van der Waals surface area contributed by atoms with E-state index in [0.29, 0.717) is 0 Å². The molecule has 29 heavy (non-hydrogen) atoms. The molecule has 1 unspecified atom stereocenters. The first-order valence-electron chi connectivity index (χ1n) is 9.82. The highest BCUT2D eigenvalue weighted by Crippen LogP contribution is 2.22. The third-order valence-corrected chi connectivity index (χ3v) is 6.12. The van der Waals surface area contributed by atoms with Gasteiger partial charge in [-0.3, -0.25) is 9.89 Å². The van der Waals surface area contributed by atoms with Crippen LogP contribution in [0.15, 0.2) is 29.3 Å². The van der Waals surface area contributed by atoms with Gasteiger partial charge in [-0.15, -0.1) is 35.3 Å². The molecule has 2 N–H and O–H groups in total. The number of nitrogens with one attached hydrogen (secondary N) is 2. The molecule has 0 radical (unpaired) electrons. The number of nitrogens with zero attached hydrogens (tertiary/aromatic N) is 3. The summed E-state index contributed by atoms with van der Waals surface area (Å²) in [5.74, 6) is 0.816. The summed E-state index contributed by atoms with van der Waals surface area (Å²) < 4.78 is 5.55. The van der Waals surface area contributed by atoms with Gasteiger partial charge in [-0.05, 0) is 26.3 Å². The maximum Gasteiger partial charge on any atom is 0.191 e. The lowest BCUT2D eigenvalue weighted by Crippen LogP contribution is -2.46. The van der Waals surface area contributed by atoms with Crippen LogP contribution in [0.5, 0.6) is 0 Å². The summed E-state index contributed by atoms with van der Waals surface area (Å²) >= 11 is 1.73. The Morgan fingerprint density at radius 1 is 1.17 bits per heavy atom. The fourth-order valence-corrected chi connectivity index (χ4v) is 4.33. The number of halogens is 1. The van der Waals surface area contributed by atoms with E-state index >= 15 is 0 Å². The molecule has 1 fully saturated rings. The number of morpholine rings is 1. The summed E-state index contributed by atoms with van der Waals surface area (Å²) in [6.07, 6.45) is 0. The third-order valence-electron chi connectivity index (χ3n) is 5.05. The predicted molar refractivity (Wildman–Crippen MR) is 132 cm³/mol. The standard InChI is InChI=1S/C21H31N5OS.HI/c1-15-5-7-18(8-6-15)19(26-9-11-27-12-10-26)13-23-21(22-4)24-14-20-16(2)25-17(3)28-20;/h5-8,19H,9-14H2,1-4H3,(H2,22,23,24);1H. The predicted octanol–water partition coefficient (Wildman–Crippen LogP) is 3.42. The molecule has 0 aliphatic carbocycles. The first kappa shape index (κ1) is 24.0. The Hall–Kier alpha value is -1.23. The molecule has 1 saturated heterocycles. The fourth-order valence-electron chi connectivity index (χ4n) is 3.45. The van der Waals surface area contributed by atoms with E-state index in [4.69, 9.17) is 4.74 Å². The highest BCUT2D eigenvalue weighted by atomic mass is 127. The third kappa shape index (κ3) is 6.91. The van der Waals surface area contributed by atoms with Crippen LogP contribution in [-0.2, 0) is 11.3 Å². The minimum absolute atomic E-state index is 0. The van der Waals surface area contributed by atoms with Gasteiger partial charge in [-0.2, -0.15) is 0 Å². The number of aryl methyl sites for hydroxylation is 3. The van der Waals surface area contributed by atoms with Crippen LogP contribution in [0.3, 0.4) is 0 Å². The Bertz CT molecular complexity index is 787. The van der Waals surface area contributed by atoms with Crippen LogP contribution in [0, 0.1) is 20.8 Å². The molecule has 8 heteroatoms. The molecule has 0 amide bonds. The molecule has 2 heterocycles. The second-order valence-corrected chi connectivity index (χ2v) is 8.41. The van der Waals surface area contributed by atoms with E-state index in [0.717, 1.165) is 56.1 Å². The second kappa shape index (κ2) is 11.8. The quantitative estimate of drug-likeness (QED) is 0.341. The summed E-state index contributed by atoms with van der Waals surface area (Å²) in [5, 5.41) is 8.04. The molecule has 6 nitrogen and oxygen atoms in total. The van der Waals surface area contributed by atoms with Gasteiger partial charge in [0.2, 0.25) is 0 Å². The summed E-state index contributed by atoms with van der Waals surface area (Å²) in [5.41, 5.74) is 3.70. The van der Waals surface area contributed by atoms with Gasteiger partial charge in [-0.1, -0.05) is 29.8 Å². The van der Waals surface area contributed by atoms with Crippen molar-refractivity contribution in [1.82, 2.24) is 20.5 Å². The minimum atomic E-state index is 0. The number of aromatic nitrogens is 1. The second-order valence-electron chi connectivity index (χ2n) is 7.12. The van der Waals surface area contributed by atoms with Crippen molar-refractivity contribution < 1.29 is 4.74 Å². The van der Waals surface area contributed by atoms with Crippen LogP contribution >= 0.6 is 35.3 Å². The van der Waals surface area contributed by atoms with Crippen LogP contribution < -0.4 is 10.6 Å². The van der Waals surface area contributed by atoms with Crippen molar-refractivity contribution in [3.8, 4) is 0 Å². The molecule has 0 spiro atoms. The van der Waals surface area contributed by atoms with Crippen molar-refractivity contribution in [3.63, 3.8) is 0 Å². The summed E-state index contributed by atoms with van der Waals surface area (Å²) in [7, 11) is 1.82. The topological polar surface area (TPSA) is 61.8 Å². The van der Waals surface area contributed by atoms with Gasteiger partial charge in [0.25, 0.3) is 0 Å². The van der Waals surface area contributed by atoms with Crippen LogP contribution in [0.4, 0.5) is 0 Å². The first-order valence-corrected chi connectivity index (χ1v) is 10.6.